The molecule has 0 aliphatic carbocycles. The molecule has 1 aromatic rings. The van der Waals surface area contributed by atoms with Crippen LogP contribution in [-0.4, -0.2) is 22.1 Å². The predicted molar refractivity (Wildman–Crippen MR) is 63.6 cm³/mol. The van der Waals surface area contributed by atoms with Crippen LogP contribution in [-0.2, 0) is 4.79 Å². The van der Waals surface area contributed by atoms with Gasteiger partial charge >= 0.3 is 12.0 Å². The Hall–Kier alpha value is -2.37. The monoisotopic (exact) mass is 247 g/mol. The topological polar surface area (TPSA) is 91.3 Å². The van der Waals surface area contributed by atoms with Crippen molar-refractivity contribution in [3.8, 4) is 0 Å². The molecule has 1 aliphatic heterocycles. The van der Waals surface area contributed by atoms with E-state index in [0.29, 0.717) is 17.7 Å². The number of carboxylic acid groups (broad SMARTS) is 1. The van der Waals surface area contributed by atoms with Crippen LogP contribution in [0.1, 0.15) is 24.9 Å². The highest BCUT2D eigenvalue weighted by molar-refractivity contribution is 5.93. The van der Waals surface area contributed by atoms with Crippen molar-refractivity contribution in [2.24, 2.45) is 0 Å². The van der Waals surface area contributed by atoms with Gasteiger partial charge in [0, 0.05) is 18.1 Å². The molecular weight excluding hydrogens is 234 g/mol. The maximum absolute atomic E-state index is 11.5. The molecule has 6 heteroatoms. The number of hydrogen-bond donors (Lipinski definition) is 3. The van der Waals surface area contributed by atoms with E-state index in [1.807, 2.05) is 0 Å². The Balaban J connectivity index is 2.50. The highest BCUT2D eigenvalue weighted by Gasteiger charge is 2.31. The smallest absolute Gasteiger partial charge is 0.335 e. The lowest BCUT2D eigenvalue weighted by Crippen LogP contribution is -2.45. The molecular formula is C12H13N3O3. The van der Waals surface area contributed by atoms with Gasteiger partial charge in [-0.05, 0) is 18.1 Å². The second kappa shape index (κ2) is 4.87. The quantitative estimate of drug-likeness (QED) is 0.748. The number of allylic oxidation sites excluding steroid dienone is 1. The second-order valence-corrected chi connectivity index (χ2v) is 3.87. The molecule has 0 radical (unpaired) electrons. The van der Waals surface area contributed by atoms with Gasteiger partial charge in [0.2, 0.25) is 0 Å². The minimum Gasteiger partial charge on any atom is -0.478 e. The third-order valence-electron chi connectivity index (χ3n) is 2.76. The van der Waals surface area contributed by atoms with Crippen molar-refractivity contribution in [1.82, 2.24) is 15.6 Å². The first-order valence-corrected chi connectivity index (χ1v) is 5.57. The summed E-state index contributed by atoms with van der Waals surface area (Å²) in [5, 5.41) is 14.4. The van der Waals surface area contributed by atoms with Gasteiger partial charge in [-0.25, -0.2) is 9.59 Å². The van der Waals surface area contributed by atoms with E-state index in [1.54, 1.807) is 31.5 Å². The van der Waals surface area contributed by atoms with E-state index in [-0.39, 0.29) is 5.57 Å². The summed E-state index contributed by atoms with van der Waals surface area (Å²) in [5.74, 6) is -1.05. The summed E-state index contributed by atoms with van der Waals surface area (Å²) in [6.45, 7) is 1.80. The molecule has 1 atom stereocenters. The minimum atomic E-state index is -1.05. The Morgan fingerprint density at radius 3 is 2.89 bits per heavy atom. The third-order valence-corrected chi connectivity index (χ3v) is 2.76. The van der Waals surface area contributed by atoms with E-state index in [9.17, 15) is 14.7 Å². The number of rotatable bonds is 3. The summed E-state index contributed by atoms with van der Waals surface area (Å²) in [7, 11) is 0. The Morgan fingerprint density at radius 2 is 2.33 bits per heavy atom. The Labute approximate surface area is 104 Å². The first-order chi connectivity index (χ1) is 8.63. The Morgan fingerprint density at radius 1 is 1.56 bits per heavy atom. The molecule has 6 nitrogen and oxygen atoms in total. The van der Waals surface area contributed by atoms with Crippen molar-refractivity contribution < 1.29 is 14.7 Å². The van der Waals surface area contributed by atoms with Crippen LogP contribution in [0.3, 0.4) is 0 Å². The molecule has 0 spiro atoms. The van der Waals surface area contributed by atoms with Gasteiger partial charge in [-0.15, -0.1) is 0 Å². The number of carboxylic acids is 1. The number of nitrogens with zero attached hydrogens (tertiary/aromatic N) is 1. The summed E-state index contributed by atoms with van der Waals surface area (Å²) < 4.78 is 0. The molecule has 0 saturated heterocycles. The van der Waals surface area contributed by atoms with Crippen molar-refractivity contribution in [1.29, 1.82) is 0 Å². The lowest BCUT2D eigenvalue weighted by atomic mass is 9.96. The number of carbonyl (C=O) groups excluding carboxylic acids is 1. The number of carbonyl (C=O) groups is 2. The van der Waals surface area contributed by atoms with Gasteiger partial charge in [0.1, 0.15) is 0 Å². The maximum atomic E-state index is 11.5. The Bertz CT molecular complexity index is 511. The standard InChI is InChI=1S/C12H13N3O3/c1-2-8-9(11(16)17)10(15-12(18)14-8)7-4-3-5-13-6-7/h3-6,10H,2H2,1H3,(H,16,17)(H2,14,15,18). The van der Waals surface area contributed by atoms with Gasteiger partial charge in [-0.1, -0.05) is 13.0 Å². The highest BCUT2D eigenvalue weighted by Crippen LogP contribution is 2.27. The van der Waals surface area contributed by atoms with Crippen LogP contribution >= 0.6 is 0 Å². The third kappa shape index (κ3) is 2.17. The molecule has 18 heavy (non-hydrogen) atoms. The summed E-state index contributed by atoms with van der Waals surface area (Å²) in [4.78, 5) is 26.8. The largest absolute Gasteiger partial charge is 0.478 e. The van der Waals surface area contributed by atoms with Crippen LogP contribution < -0.4 is 10.6 Å². The average Bonchev–Trinajstić information content (AvgIpc) is 2.38. The summed E-state index contributed by atoms with van der Waals surface area (Å²) in [6.07, 6.45) is 3.59. The normalized spacial score (nSPS) is 19.2. The van der Waals surface area contributed by atoms with Crippen molar-refractivity contribution in [3.05, 3.63) is 41.4 Å². The van der Waals surface area contributed by atoms with Gasteiger partial charge < -0.3 is 15.7 Å². The summed E-state index contributed by atoms with van der Waals surface area (Å²) in [5.41, 5.74) is 1.24. The zero-order chi connectivity index (χ0) is 13.1. The molecule has 3 N–H and O–H groups in total. The van der Waals surface area contributed by atoms with Gasteiger partial charge in [0.25, 0.3) is 0 Å². The molecule has 0 bridgehead atoms. The van der Waals surface area contributed by atoms with E-state index in [1.165, 1.54) is 0 Å². The fourth-order valence-electron chi connectivity index (χ4n) is 1.95. The molecule has 2 amide bonds. The van der Waals surface area contributed by atoms with Crippen molar-refractivity contribution in [2.45, 2.75) is 19.4 Å². The fourth-order valence-corrected chi connectivity index (χ4v) is 1.95. The molecule has 1 unspecified atom stereocenters. The molecule has 2 heterocycles. The lowest BCUT2D eigenvalue weighted by molar-refractivity contribution is -0.133. The Kier molecular flexibility index (Phi) is 3.27. The van der Waals surface area contributed by atoms with Crippen LogP contribution in [0.25, 0.3) is 0 Å². The van der Waals surface area contributed by atoms with Crippen LogP contribution in [0.5, 0.6) is 0 Å². The number of hydrogen-bond acceptors (Lipinski definition) is 3. The van der Waals surface area contributed by atoms with Gasteiger partial charge in [0.05, 0.1) is 11.6 Å². The number of nitrogens with one attached hydrogen (secondary N) is 2. The number of urea groups is 1. The molecule has 0 fully saturated rings. The summed E-state index contributed by atoms with van der Waals surface area (Å²) >= 11 is 0. The average molecular weight is 247 g/mol. The van der Waals surface area contributed by atoms with Crippen molar-refractivity contribution >= 4 is 12.0 Å². The molecule has 1 aromatic heterocycles. The number of pyridine rings is 1. The zero-order valence-corrected chi connectivity index (χ0v) is 9.80. The van der Waals surface area contributed by atoms with E-state index in [0.717, 1.165) is 0 Å². The fraction of sp³-hybridized carbons (Fsp3) is 0.250. The van der Waals surface area contributed by atoms with Crippen LogP contribution in [0.4, 0.5) is 4.79 Å². The predicted octanol–water partition coefficient (Wildman–Crippen LogP) is 1.18. The highest BCUT2D eigenvalue weighted by atomic mass is 16.4. The van der Waals surface area contributed by atoms with Crippen LogP contribution in [0.2, 0.25) is 0 Å². The molecule has 2 rings (SSSR count). The maximum Gasteiger partial charge on any atom is 0.335 e. The first-order valence-electron chi connectivity index (χ1n) is 5.57. The molecule has 1 aliphatic rings. The molecule has 0 aromatic carbocycles. The minimum absolute atomic E-state index is 0.158. The van der Waals surface area contributed by atoms with Crippen LogP contribution in [0, 0.1) is 0 Å². The second-order valence-electron chi connectivity index (χ2n) is 3.87. The lowest BCUT2D eigenvalue weighted by Gasteiger charge is -2.27. The number of aliphatic carboxylic acids is 1. The number of amides is 2. The first kappa shape index (κ1) is 12.1. The zero-order valence-electron chi connectivity index (χ0n) is 9.80. The molecule has 94 valence electrons. The van der Waals surface area contributed by atoms with Crippen molar-refractivity contribution in [3.63, 3.8) is 0 Å². The van der Waals surface area contributed by atoms with E-state index >= 15 is 0 Å². The van der Waals surface area contributed by atoms with Gasteiger partial charge in [-0.2, -0.15) is 0 Å². The number of aromatic nitrogens is 1. The van der Waals surface area contributed by atoms with Gasteiger partial charge in [-0.3, -0.25) is 4.98 Å². The summed E-state index contributed by atoms with van der Waals surface area (Å²) in [6, 6.07) is 2.37. The van der Waals surface area contributed by atoms with Crippen LogP contribution in [0.15, 0.2) is 35.8 Å². The SMILES string of the molecule is CCC1=C(C(=O)O)C(c2cccnc2)NC(=O)N1. The van der Waals surface area contributed by atoms with E-state index in [4.69, 9.17) is 0 Å². The van der Waals surface area contributed by atoms with Crippen molar-refractivity contribution in [2.75, 3.05) is 0 Å². The van der Waals surface area contributed by atoms with Gasteiger partial charge in [0.15, 0.2) is 0 Å². The molecule has 0 saturated carbocycles. The van der Waals surface area contributed by atoms with E-state index < -0.39 is 18.0 Å². The van der Waals surface area contributed by atoms with E-state index in [2.05, 4.69) is 15.6 Å².